The Morgan fingerprint density at radius 2 is 2.28 bits per heavy atom. The molecular formula is C12H19ClN4O. The van der Waals surface area contributed by atoms with Gasteiger partial charge in [-0.3, -0.25) is 4.79 Å². The Kier molecular flexibility index (Phi) is 4.60. The zero-order valence-electron chi connectivity index (χ0n) is 10.6. The largest absolute Gasteiger partial charge is 0.382 e. The lowest BCUT2D eigenvalue weighted by molar-refractivity contribution is 0.390. The first-order valence-electron chi connectivity index (χ1n) is 6.42. The zero-order valence-corrected chi connectivity index (χ0v) is 11.3. The van der Waals surface area contributed by atoms with Crippen molar-refractivity contribution >= 4 is 17.3 Å². The van der Waals surface area contributed by atoms with Gasteiger partial charge in [-0.05, 0) is 38.8 Å². The van der Waals surface area contributed by atoms with Gasteiger partial charge in [0.2, 0.25) is 0 Å². The molecule has 0 bridgehead atoms. The molecular weight excluding hydrogens is 252 g/mol. The summed E-state index contributed by atoms with van der Waals surface area (Å²) in [6.07, 6.45) is 3.95. The van der Waals surface area contributed by atoms with Crippen LogP contribution in [-0.2, 0) is 6.54 Å². The van der Waals surface area contributed by atoms with E-state index in [4.69, 9.17) is 11.6 Å². The van der Waals surface area contributed by atoms with Crippen molar-refractivity contribution in [2.45, 2.75) is 26.3 Å². The van der Waals surface area contributed by atoms with Crippen molar-refractivity contribution in [3.05, 3.63) is 21.6 Å². The average molecular weight is 271 g/mol. The summed E-state index contributed by atoms with van der Waals surface area (Å²) in [5.74, 6) is 0.635. The monoisotopic (exact) mass is 270 g/mol. The molecule has 1 aliphatic rings. The SMILES string of the molecule is CCn1ncc(NCC2CCNCC2)c(Cl)c1=O. The molecule has 0 atom stereocenters. The summed E-state index contributed by atoms with van der Waals surface area (Å²) in [5, 5.41) is 10.9. The number of hydrogen-bond donors (Lipinski definition) is 2. The van der Waals surface area contributed by atoms with Crippen LogP contribution in [-0.4, -0.2) is 29.4 Å². The average Bonchev–Trinajstić information content (AvgIpc) is 2.42. The van der Waals surface area contributed by atoms with E-state index in [2.05, 4.69) is 15.7 Å². The first kappa shape index (κ1) is 13.4. The minimum absolute atomic E-state index is 0.227. The standard InChI is InChI=1S/C12H19ClN4O/c1-2-17-12(18)11(13)10(8-16-17)15-7-9-3-5-14-6-4-9/h8-9,14-15H,2-7H2,1H3. The maximum atomic E-state index is 11.8. The molecule has 2 rings (SSSR count). The van der Waals surface area contributed by atoms with Gasteiger partial charge in [-0.2, -0.15) is 5.10 Å². The smallest absolute Gasteiger partial charge is 0.287 e. The molecule has 18 heavy (non-hydrogen) atoms. The van der Waals surface area contributed by atoms with E-state index in [1.807, 2.05) is 6.92 Å². The molecule has 0 aliphatic carbocycles. The molecule has 5 nitrogen and oxygen atoms in total. The van der Waals surface area contributed by atoms with Crippen molar-refractivity contribution in [2.24, 2.45) is 5.92 Å². The van der Waals surface area contributed by atoms with Crippen LogP contribution in [0.15, 0.2) is 11.0 Å². The van der Waals surface area contributed by atoms with E-state index in [1.54, 1.807) is 6.20 Å². The van der Waals surface area contributed by atoms with Gasteiger partial charge in [0.15, 0.2) is 0 Å². The van der Waals surface area contributed by atoms with Crippen LogP contribution in [0.25, 0.3) is 0 Å². The first-order valence-corrected chi connectivity index (χ1v) is 6.80. The van der Waals surface area contributed by atoms with Crippen LogP contribution >= 0.6 is 11.6 Å². The van der Waals surface area contributed by atoms with Crippen molar-refractivity contribution in [3.63, 3.8) is 0 Å². The summed E-state index contributed by atoms with van der Waals surface area (Å²) < 4.78 is 1.36. The Labute approximate surface area is 112 Å². The molecule has 1 aliphatic heterocycles. The third kappa shape index (κ3) is 3.03. The summed E-state index contributed by atoms with van der Waals surface area (Å²) in [5.41, 5.74) is 0.416. The summed E-state index contributed by atoms with van der Waals surface area (Å²) in [6.45, 7) is 5.38. The highest BCUT2D eigenvalue weighted by molar-refractivity contribution is 6.32. The van der Waals surface area contributed by atoms with Crippen molar-refractivity contribution < 1.29 is 0 Å². The van der Waals surface area contributed by atoms with Crippen LogP contribution in [0, 0.1) is 5.92 Å². The van der Waals surface area contributed by atoms with Crippen LogP contribution in [0.4, 0.5) is 5.69 Å². The number of halogens is 1. The predicted octanol–water partition coefficient (Wildman–Crippen LogP) is 1.33. The summed E-state index contributed by atoms with van der Waals surface area (Å²) in [7, 11) is 0. The topological polar surface area (TPSA) is 59.0 Å². The highest BCUT2D eigenvalue weighted by Crippen LogP contribution is 2.18. The molecule has 6 heteroatoms. The molecule has 0 unspecified atom stereocenters. The number of nitrogens with zero attached hydrogens (tertiary/aromatic N) is 2. The van der Waals surface area contributed by atoms with Gasteiger partial charge in [0.25, 0.3) is 5.56 Å². The molecule has 2 heterocycles. The first-order chi connectivity index (χ1) is 8.72. The van der Waals surface area contributed by atoms with E-state index in [1.165, 1.54) is 4.68 Å². The number of nitrogens with one attached hydrogen (secondary N) is 2. The summed E-state index contributed by atoms with van der Waals surface area (Å²) >= 11 is 6.05. The third-order valence-corrected chi connectivity index (χ3v) is 3.69. The highest BCUT2D eigenvalue weighted by atomic mass is 35.5. The van der Waals surface area contributed by atoms with Crippen molar-refractivity contribution in [1.29, 1.82) is 0 Å². The van der Waals surface area contributed by atoms with E-state index >= 15 is 0 Å². The fraction of sp³-hybridized carbons (Fsp3) is 0.667. The van der Waals surface area contributed by atoms with Gasteiger partial charge in [0.1, 0.15) is 5.02 Å². The maximum absolute atomic E-state index is 11.8. The Morgan fingerprint density at radius 1 is 1.56 bits per heavy atom. The van der Waals surface area contributed by atoms with Gasteiger partial charge >= 0.3 is 0 Å². The lowest BCUT2D eigenvalue weighted by Crippen LogP contribution is -2.31. The summed E-state index contributed by atoms with van der Waals surface area (Å²) in [6, 6.07) is 0. The minimum atomic E-state index is -0.227. The number of rotatable bonds is 4. The number of hydrogen-bond acceptors (Lipinski definition) is 4. The van der Waals surface area contributed by atoms with Gasteiger partial charge in [-0.15, -0.1) is 0 Å². The van der Waals surface area contributed by atoms with Crippen molar-refractivity contribution in [3.8, 4) is 0 Å². The quantitative estimate of drug-likeness (QED) is 0.867. The summed E-state index contributed by atoms with van der Waals surface area (Å²) in [4.78, 5) is 11.8. The zero-order chi connectivity index (χ0) is 13.0. The molecule has 0 radical (unpaired) electrons. The van der Waals surface area contributed by atoms with Crippen LogP contribution in [0.3, 0.4) is 0 Å². The van der Waals surface area contributed by atoms with Gasteiger partial charge in [0, 0.05) is 13.1 Å². The second-order valence-corrected chi connectivity index (χ2v) is 4.95. The Hall–Kier alpha value is -1.07. The number of aryl methyl sites for hydroxylation is 1. The molecule has 0 saturated carbocycles. The number of anilines is 1. The maximum Gasteiger partial charge on any atom is 0.287 e. The van der Waals surface area contributed by atoms with E-state index < -0.39 is 0 Å². The lowest BCUT2D eigenvalue weighted by Gasteiger charge is -2.23. The van der Waals surface area contributed by atoms with E-state index in [-0.39, 0.29) is 10.6 Å². The fourth-order valence-corrected chi connectivity index (χ4v) is 2.37. The molecule has 100 valence electrons. The Balaban J connectivity index is 2.01. The number of piperidine rings is 1. The molecule has 1 aromatic heterocycles. The molecule has 2 N–H and O–H groups in total. The molecule has 1 saturated heterocycles. The van der Waals surface area contributed by atoms with Crippen LogP contribution < -0.4 is 16.2 Å². The predicted molar refractivity (Wildman–Crippen MR) is 73.3 cm³/mol. The Morgan fingerprint density at radius 3 is 2.94 bits per heavy atom. The molecule has 0 aromatic carbocycles. The van der Waals surface area contributed by atoms with E-state index in [0.717, 1.165) is 32.5 Å². The van der Waals surface area contributed by atoms with Crippen LogP contribution in [0.2, 0.25) is 5.02 Å². The van der Waals surface area contributed by atoms with Crippen LogP contribution in [0.5, 0.6) is 0 Å². The fourth-order valence-electron chi connectivity index (χ4n) is 2.15. The van der Waals surface area contributed by atoms with E-state index in [0.29, 0.717) is 18.2 Å². The Bertz CT molecular complexity index is 454. The third-order valence-electron chi connectivity index (χ3n) is 3.32. The highest BCUT2D eigenvalue weighted by Gasteiger charge is 2.14. The van der Waals surface area contributed by atoms with Gasteiger partial charge in [-0.1, -0.05) is 11.6 Å². The molecule has 0 amide bonds. The molecule has 1 aromatic rings. The van der Waals surface area contributed by atoms with E-state index in [9.17, 15) is 4.79 Å². The molecule has 0 spiro atoms. The minimum Gasteiger partial charge on any atom is -0.382 e. The lowest BCUT2D eigenvalue weighted by atomic mass is 9.98. The van der Waals surface area contributed by atoms with Crippen LogP contribution in [0.1, 0.15) is 19.8 Å². The van der Waals surface area contributed by atoms with Crippen molar-refractivity contribution in [1.82, 2.24) is 15.1 Å². The van der Waals surface area contributed by atoms with Gasteiger partial charge < -0.3 is 10.6 Å². The second kappa shape index (κ2) is 6.20. The normalized spacial score (nSPS) is 16.8. The number of aromatic nitrogens is 2. The molecule has 1 fully saturated rings. The van der Waals surface area contributed by atoms with Gasteiger partial charge in [-0.25, -0.2) is 4.68 Å². The second-order valence-electron chi connectivity index (χ2n) is 4.57. The van der Waals surface area contributed by atoms with Crippen molar-refractivity contribution in [2.75, 3.05) is 25.0 Å². The van der Waals surface area contributed by atoms with Gasteiger partial charge in [0.05, 0.1) is 11.9 Å².